The van der Waals surface area contributed by atoms with E-state index in [1.54, 1.807) is 11.3 Å². The van der Waals surface area contributed by atoms with Crippen LogP contribution >= 0.6 is 38.9 Å². The Morgan fingerprint density at radius 3 is 3.00 bits per heavy atom. The Morgan fingerprint density at radius 2 is 2.28 bits per heavy atom. The summed E-state index contributed by atoms with van der Waals surface area (Å²) >= 11 is 11.8. The molecule has 1 aliphatic heterocycles. The van der Waals surface area contributed by atoms with E-state index in [0.29, 0.717) is 0 Å². The number of alkyl halides is 1. The summed E-state index contributed by atoms with van der Waals surface area (Å²) in [7, 11) is 0. The van der Waals surface area contributed by atoms with Gasteiger partial charge in [0.2, 0.25) is 0 Å². The van der Waals surface area contributed by atoms with E-state index in [1.165, 1.54) is 16.0 Å². The van der Waals surface area contributed by atoms with Gasteiger partial charge in [0.15, 0.2) is 0 Å². The van der Waals surface area contributed by atoms with Crippen molar-refractivity contribution in [2.75, 3.05) is 6.61 Å². The zero-order valence-electron chi connectivity index (χ0n) is 9.87. The first-order valence-corrected chi connectivity index (χ1v) is 7.97. The molecule has 1 aromatic heterocycles. The minimum atomic E-state index is 0.162. The Balaban J connectivity index is 1.97. The molecule has 1 nitrogen and oxygen atoms in total. The Hall–Kier alpha value is -0.510. The summed E-state index contributed by atoms with van der Waals surface area (Å²) in [5.41, 5.74) is 3.68. The predicted molar refractivity (Wildman–Crippen MR) is 80.5 cm³/mol. The topological polar surface area (TPSA) is 9.23 Å². The molecule has 0 bridgehead atoms. The van der Waals surface area contributed by atoms with Crippen LogP contribution in [0.15, 0.2) is 23.6 Å². The van der Waals surface area contributed by atoms with Crippen molar-refractivity contribution in [1.29, 1.82) is 0 Å². The van der Waals surface area contributed by atoms with Crippen molar-refractivity contribution in [2.45, 2.75) is 18.2 Å². The molecular weight excluding hydrogens is 332 g/mol. The summed E-state index contributed by atoms with van der Waals surface area (Å²) in [6, 6.07) is 6.38. The van der Waals surface area contributed by atoms with Gasteiger partial charge in [-0.05, 0) is 35.1 Å². The molecule has 1 atom stereocenters. The SMILES string of the molecule is Cc1csc(C(Br)c2ccc3c(c2)CCO3)c1Cl. The van der Waals surface area contributed by atoms with Gasteiger partial charge < -0.3 is 4.74 Å². The number of aryl methyl sites for hydroxylation is 1. The van der Waals surface area contributed by atoms with Gasteiger partial charge in [-0.15, -0.1) is 11.3 Å². The summed E-state index contributed by atoms with van der Waals surface area (Å²) in [5.74, 6) is 1.02. The van der Waals surface area contributed by atoms with Crippen molar-refractivity contribution in [2.24, 2.45) is 0 Å². The summed E-state index contributed by atoms with van der Waals surface area (Å²) in [6.45, 7) is 2.84. The average Bonchev–Trinajstić information content (AvgIpc) is 2.96. The van der Waals surface area contributed by atoms with Crippen molar-refractivity contribution in [3.8, 4) is 5.75 Å². The Kier molecular flexibility index (Phi) is 3.39. The van der Waals surface area contributed by atoms with Crippen LogP contribution in [0.5, 0.6) is 5.75 Å². The van der Waals surface area contributed by atoms with Crippen molar-refractivity contribution < 1.29 is 4.74 Å². The molecule has 18 heavy (non-hydrogen) atoms. The van der Waals surface area contributed by atoms with Crippen LogP contribution in [-0.2, 0) is 6.42 Å². The largest absolute Gasteiger partial charge is 0.493 e. The van der Waals surface area contributed by atoms with E-state index in [0.717, 1.165) is 29.4 Å². The van der Waals surface area contributed by atoms with Crippen LogP contribution in [0.3, 0.4) is 0 Å². The molecule has 4 heteroatoms. The number of hydrogen-bond acceptors (Lipinski definition) is 2. The van der Waals surface area contributed by atoms with E-state index in [9.17, 15) is 0 Å². The molecule has 0 saturated heterocycles. The molecule has 94 valence electrons. The molecular formula is C14H12BrClOS. The van der Waals surface area contributed by atoms with Gasteiger partial charge in [-0.25, -0.2) is 0 Å². The number of fused-ring (bicyclic) bond motifs is 1. The highest BCUT2D eigenvalue weighted by atomic mass is 79.9. The molecule has 2 heterocycles. The van der Waals surface area contributed by atoms with Gasteiger partial charge in [0.1, 0.15) is 5.75 Å². The lowest BCUT2D eigenvalue weighted by Gasteiger charge is -2.10. The van der Waals surface area contributed by atoms with Gasteiger partial charge in [0, 0.05) is 11.3 Å². The van der Waals surface area contributed by atoms with Gasteiger partial charge in [-0.2, -0.15) is 0 Å². The first-order chi connectivity index (χ1) is 8.66. The minimum Gasteiger partial charge on any atom is -0.493 e. The van der Waals surface area contributed by atoms with Gasteiger partial charge in [0.05, 0.1) is 16.5 Å². The zero-order valence-corrected chi connectivity index (χ0v) is 13.0. The van der Waals surface area contributed by atoms with E-state index < -0.39 is 0 Å². The highest BCUT2D eigenvalue weighted by Gasteiger charge is 2.20. The van der Waals surface area contributed by atoms with Crippen LogP contribution in [0.2, 0.25) is 5.02 Å². The zero-order chi connectivity index (χ0) is 12.7. The lowest BCUT2D eigenvalue weighted by atomic mass is 10.1. The van der Waals surface area contributed by atoms with Crippen LogP contribution in [-0.4, -0.2) is 6.61 Å². The first kappa shape index (κ1) is 12.5. The molecule has 0 fully saturated rings. The van der Waals surface area contributed by atoms with Crippen LogP contribution in [0.4, 0.5) is 0 Å². The smallest absolute Gasteiger partial charge is 0.122 e. The molecule has 1 aromatic carbocycles. The number of rotatable bonds is 2. The molecule has 3 rings (SSSR count). The Morgan fingerprint density at radius 1 is 1.44 bits per heavy atom. The Labute approximate surface area is 124 Å². The van der Waals surface area contributed by atoms with E-state index in [4.69, 9.17) is 16.3 Å². The maximum absolute atomic E-state index is 6.33. The number of thiophene rings is 1. The van der Waals surface area contributed by atoms with Crippen LogP contribution in [0, 0.1) is 6.92 Å². The van der Waals surface area contributed by atoms with Crippen molar-refractivity contribution >= 4 is 38.9 Å². The summed E-state index contributed by atoms with van der Waals surface area (Å²) in [5, 5.41) is 2.97. The quantitative estimate of drug-likeness (QED) is 0.687. The second-order valence-electron chi connectivity index (χ2n) is 4.43. The van der Waals surface area contributed by atoms with Crippen LogP contribution < -0.4 is 4.74 Å². The summed E-state index contributed by atoms with van der Waals surface area (Å²) in [6.07, 6.45) is 1.00. The molecule has 0 radical (unpaired) electrons. The van der Waals surface area contributed by atoms with Crippen molar-refractivity contribution in [3.63, 3.8) is 0 Å². The average molecular weight is 344 g/mol. The van der Waals surface area contributed by atoms with Gasteiger partial charge in [0.25, 0.3) is 0 Å². The third-order valence-corrected chi connectivity index (χ3v) is 6.23. The molecule has 1 aliphatic rings. The highest BCUT2D eigenvalue weighted by molar-refractivity contribution is 9.09. The number of benzene rings is 1. The Bertz CT molecular complexity index is 593. The van der Waals surface area contributed by atoms with E-state index in [-0.39, 0.29) is 4.83 Å². The minimum absolute atomic E-state index is 0.162. The second kappa shape index (κ2) is 4.87. The van der Waals surface area contributed by atoms with Gasteiger partial charge >= 0.3 is 0 Å². The molecule has 2 aromatic rings. The fourth-order valence-corrected chi connectivity index (χ4v) is 4.41. The molecule has 0 spiro atoms. The monoisotopic (exact) mass is 342 g/mol. The highest BCUT2D eigenvalue weighted by Crippen LogP contribution is 2.42. The molecule has 1 unspecified atom stereocenters. The predicted octanol–water partition coefficient (Wildman–Crippen LogP) is 5.13. The molecule has 0 N–H and O–H groups in total. The fourth-order valence-electron chi connectivity index (χ4n) is 2.14. The van der Waals surface area contributed by atoms with Crippen LogP contribution in [0.25, 0.3) is 0 Å². The number of halogens is 2. The van der Waals surface area contributed by atoms with Crippen molar-refractivity contribution in [1.82, 2.24) is 0 Å². The lowest BCUT2D eigenvalue weighted by molar-refractivity contribution is 0.357. The first-order valence-electron chi connectivity index (χ1n) is 5.80. The summed E-state index contributed by atoms with van der Waals surface area (Å²) < 4.78 is 5.53. The molecule has 0 aliphatic carbocycles. The molecule has 0 saturated carbocycles. The van der Waals surface area contributed by atoms with E-state index in [2.05, 4.69) is 39.5 Å². The maximum atomic E-state index is 6.33. The van der Waals surface area contributed by atoms with Crippen molar-refractivity contribution in [3.05, 3.63) is 50.2 Å². The fraction of sp³-hybridized carbons (Fsp3) is 0.286. The summed E-state index contributed by atoms with van der Waals surface area (Å²) in [4.78, 5) is 1.34. The van der Waals surface area contributed by atoms with E-state index in [1.807, 2.05) is 6.92 Å². The lowest BCUT2D eigenvalue weighted by Crippen LogP contribution is -1.92. The molecule has 0 amide bonds. The number of hydrogen-bond donors (Lipinski definition) is 0. The third-order valence-electron chi connectivity index (χ3n) is 3.16. The van der Waals surface area contributed by atoms with Gasteiger partial charge in [-0.3, -0.25) is 0 Å². The number of ether oxygens (including phenoxy) is 1. The second-order valence-corrected chi connectivity index (χ2v) is 6.63. The normalized spacial score (nSPS) is 15.3. The van der Waals surface area contributed by atoms with Gasteiger partial charge in [-0.1, -0.05) is 39.7 Å². The third kappa shape index (κ3) is 2.09. The maximum Gasteiger partial charge on any atom is 0.122 e. The standard InChI is InChI=1S/C14H12BrClOS/c1-8-7-18-14(13(8)16)12(15)10-2-3-11-9(6-10)4-5-17-11/h2-3,6-7,12H,4-5H2,1H3. The van der Waals surface area contributed by atoms with Crippen LogP contribution in [0.1, 0.15) is 26.4 Å². The van der Waals surface area contributed by atoms with E-state index >= 15 is 0 Å².